The number of carbonyl (C=O) groups is 5. The molecule has 0 heterocycles. The summed E-state index contributed by atoms with van der Waals surface area (Å²) in [6.07, 6.45) is 2.29. The van der Waals surface area contributed by atoms with Crippen molar-refractivity contribution in [2.45, 2.75) is 70.1 Å². The molecule has 0 radical (unpaired) electrons. The van der Waals surface area contributed by atoms with Gasteiger partial charge in [0.2, 0.25) is 23.6 Å². The lowest BCUT2D eigenvalue weighted by Crippen LogP contribution is -2.57. The Morgan fingerprint density at radius 2 is 1.46 bits per heavy atom. The lowest BCUT2D eigenvalue weighted by atomic mass is 10.0. The van der Waals surface area contributed by atoms with Crippen LogP contribution in [0.15, 0.2) is 30.3 Å². The highest BCUT2D eigenvalue weighted by Crippen LogP contribution is 2.09. The summed E-state index contributed by atoms with van der Waals surface area (Å²) in [7, 11) is 0. The Bertz CT molecular complexity index is 914. The third kappa shape index (κ3) is 12.6. The molecule has 1 aromatic carbocycles. The molecule has 0 saturated carbocycles. The predicted molar refractivity (Wildman–Crippen MR) is 142 cm³/mol. The molecule has 4 amide bonds. The van der Waals surface area contributed by atoms with Crippen LogP contribution in [-0.2, 0) is 30.4 Å². The normalized spacial score (nSPS) is 14.2. The first-order valence-corrected chi connectivity index (χ1v) is 13.5. The topological polar surface area (TPSA) is 194 Å². The maximum Gasteiger partial charge on any atom is 0.326 e. The Balaban J connectivity index is 3.12. The molecule has 206 valence electrons. The summed E-state index contributed by atoms with van der Waals surface area (Å²) in [5.74, 6) is -3.14. The van der Waals surface area contributed by atoms with Crippen molar-refractivity contribution < 1.29 is 29.1 Å². The van der Waals surface area contributed by atoms with Gasteiger partial charge in [0.05, 0.1) is 6.04 Å². The van der Waals surface area contributed by atoms with Crippen LogP contribution in [0.1, 0.15) is 45.1 Å². The summed E-state index contributed by atoms with van der Waals surface area (Å²) >= 11 is 1.52. The van der Waals surface area contributed by atoms with E-state index >= 15 is 0 Å². The van der Waals surface area contributed by atoms with Crippen molar-refractivity contribution in [2.75, 3.05) is 12.0 Å². The van der Waals surface area contributed by atoms with E-state index in [1.54, 1.807) is 30.3 Å². The third-order valence-corrected chi connectivity index (χ3v) is 6.16. The Hall–Kier alpha value is -3.12. The largest absolute Gasteiger partial charge is 0.480 e. The second kappa shape index (κ2) is 16.6. The molecule has 0 spiro atoms. The van der Waals surface area contributed by atoms with Crippen LogP contribution in [-0.4, -0.2) is 70.9 Å². The number of aliphatic carboxylic acids is 1. The molecule has 37 heavy (non-hydrogen) atoms. The van der Waals surface area contributed by atoms with Crippen LogP contribution in [0.2, 0.25) is 0 Å². The molecule has 0 bridgehead atoms. The average Bonchev–Trinajstić information content (AvgIpc) is 2.83. The summed E-state index contributed by atoms with van der Waals surface area (Å²) in [6.45, 7) is 3.67. The van der Waals surface area contributed by atoms with Gasteiger partial charge in [0.25, 0.3) is 0 Å². The van der Waals surface area contributed by atoms with E-state index in [1.165, 1.54) is 11.8 Å². The molecule has 0 fully saturated rings. The number of hydrogen-bond donors (Lipinski definition) is 6. The van der Waals surface area contributed by atoms with E-state index in [4.69, 9.17) is 11.5 Å². The number of carbonyl (C=O) groups excluding carboxylic acids is 4. The minimum Gasteiger partial charge on any atom is -0.480 e. The molecule has 8 N–H and O–H groups in total. The molecule has 1 aromatic rings. The van der Waals surface area contributed by atoms with Crippen molar-refractivity contribution in [2.24, 2.45) is 17.4 Å². The van der Waals surface area contributed by atoms with Crippen LogP contribution in [0.4, 0.5) is 0 Å². The highest BCUT2D eigenvalue weighted by atomic mass is 32.2. The number of rotatable bonds is 17. The maximum absolute atomic E-state index is 13.2. The summed E-state index contributed by atoms with van der Waals surface area (Å²) in [4.78, 5) is 62.0. The minimum atomic E-state index is -1.18. The maximum atomic E-state index is 13.2. The van der Waals surface area contributed by atoms with Crippen molar-refractivity contribution in [1.82, 2.24) is 16.0 Å². The van der Waals surface area contributed by atoms with E-state index in [1.807, 2.05) is 20.1 Å². The lowest BCUT2D eigenvalue weighted by Gasteiger charge is -2.25. The van der Waals surface area contributed by atoms with Crippen LogP contribution < -0.4 is 27.4 Å². The molecule has 0 aliphatic rings. The minimum absolute atomic E-state index is 0.00674. The van der Waals surface area contributed by atoms with E-state index in [-0.39, 0.29) is 31.6 Å². The molecular formula is C25H39N5O6S. The molecule has 1 rings (SSSR count). The van der Waals surface area contributed by atoms with Crippen LogP contribution in [0.25, 0.3) is 0 Å². The predicted octanol–water partition coefficient (Wildman–Crippen LogP) is 0.160. The molecule has 0 saturated heterocycles. The Morgan fingerprint density at radius 1 is 0.892 bits per heavy atom. The van der Waals surface area contributed by atoms with Crippen molar-refractivity contribution in [1.29, 1.82) is 0 Å². The van der Waals surface area contributed by atoms with E-state index in [0.29, 0.717) is 12.2 Å². The number of carboxylic acids is 1. The van der Waals surface area contributed by atoms with Crippen LogP contribution in [0.3, 0.4) is 0 Å². The number of nitrogens with one attached hydrogen (secondary N) is 3. The van der Waals surface area contributed by atoms with E-state index in [2.05, 4.69) is 16.0 Å². The van der Waals surface area contributed by atoms with Crippen LogP contribution >= 0.6 is 11.8 Å². The Labute approximate surface area is 221 Å². The van der Waals surface area contributed by atoms with Gasteiger partial charge < -0.3 is 32.5 Å². The molecule has 0 aromatic heterocycles. The van der Waals surface area contributed by atoms with Gasteiger partial charge in [-0.3, -0.25) is 19.2 Å². The molecule has 12 heteroatoms. The summed E-state index contributed by atoms with van der Waals surface area (Å²) < 4.78 is 0. The molecule has 4 atom stereocenters. The zero-order valence-electron chi connectivity index (χ0n) is 21.6. The van der Waals surface area contributed by atoms with Gasteiger partial charge in [-0.25, -0.2) is 4.79 Å². The summed E-state index contributed by atoms with van der Waals surface area (Å²) in [6, 6.07) is 4.59. The van der Waals surface area contributed by atoms with E-state index in [0.717, 1.165) is 5.56 Å². The van der Waals surface area contributed by atoms with Crippen molar-refractivity contribution in [3.8, 4) is 0 Å². The number of hydrogen-bond acceptors (Lipinski definition) is 7. The van der Waals surface area contributed by atoms with Crippen molar-refractivity contribution in [3.05, 3.63) is 35.9 Å². The molecule has 0 aliphatic carbocycles. The second-order valence-electron chi connectivity index (χ2n) is 9.23. The van der Waals surface area contributed by atoms with E-state index < -0.39 is 53.8 Å². The van der Waals surface area contributed by atoms with Gasteiger partial charge in [-0.15, -0.1) is 0 Å². The number of primary amides is 1. The van der Waals surface area contributed by atoms with Gasteiger partial charge >= 0.3 is 5.97 Å². The molecule has 4 unspecified atom stereocenters. The zero-order valence-corrected chi connectivity index (χ0v) is 22.4. The quantitative estimate of drug-likeness (QED) is 0.162. The number of thioether (sulfide) groups is 1. The first-order chi connectivity index (χ1) is 17.4. The molecular weight excluding hydrogens is 498 g/mol. The Morgan fingerprint density at radius 3 is 2.00 bits per heavy atom. The second-order valence-corrected chi connectivity index (χ2v) is 10.2. The van der Waals surface area contributed by atoms with Crippen LogP contribution in [0.5, 0.6) is 0 Å². The number of amides is 4. The van der Waals surface area contributed by atoms with Gasteiger partial charge in [0.15, 0.2) is 0 Å². The van der Waals surface area contributed by atoms with Crippen LogP contribution in [0, 0.1) is 5.92 Å². The number of nitrogens with two attached hydrogens (primary N) is 2. The summed E-state index contributed by atoms with van der Waals surface area (Å²) in [5.41, 5.74) is 11.9. The first kappa shape index (κ1) is 31.9. The monoisotopic (exact) mass is 537 g/mol. The third-order valence-electron chi connectivity index (χ3n) is 5.52. The number of carboxylic acid groups (broad SMARTS) is 1. The SMILES string of the molecule is CSCCC(N)C(=O)NC(CCC(N)=O)C(=O)NC(Cc1ccccc1)C(=O)NC(CC(C)C)C(=O)O. The average molecular weight is 538 g/mol. The fourth-order valence-corrected chi connectivity index (χ4v) is 4.00. The lowest BCUT2D eigenvalue weighted by molar-refractivity contribution is -0.142. The standard InChI is InChI=1S/C25H39N5O6S/c1-15(2)13-20(25(35)36)30-24(34)19(14-16-7-5-4-6-8-16)29-23(33)18(9-10-21(27)31)28-22(32)17(26)11-12-37-3/h4-8,15,17-20H,9-14,26H2,1-3H3,(H2,27,31)(H,28,32)(H,29,33)(H,30,34)(H,35,36). The van der Waals surface area contributed by atoms with Gasteiger partial charge in [-0.1, -0.05) is 44.2 Å². The highest BCUT2D eigenvalue weighted by molar-refractivity contribution is 7.98. The van der Waals surface area contributed by atoms with Gasteiger partial charge in [0.1, 0.15) is 18.1 Å². The summed E-state index contributed by atoms with van der Waals surface area (Å²) in [5, 5.41) is 17.2. The van der Waals surface area contributed by atoms with Gasteiger partial charge in [-0.05, 0) is 42.8 Å². The fraction of sp³-hybridized carbons (Fsp3) is 0.560. The van der Waals surface area contributed by atoms with Crippen molar-refractivity contribution in [3.63, 3.8) is 0 Å². The van der Waals surface area contributed by atoms with Crippen molar-refractivity contribution >= 4 is 41.4 Å². The smallest absolute Gasteiger partial charge is 0.326 e. The number of benzene rings is 1. The zero-order chi connectivity index (χ0) is 28.0. The fourth-order valence-electron chi connectivity index (χ4n) is 3.51. The van der Waals surface area contributed by atoms with E-state index in [9.17, 15) is 29.1 Å². The Kier molecular flexibility index (Phi) is 14.3. The molecule has 0 aliphatic heterocycles. The van der Waals surface area contributed by atoms with Gasteiger partial charge in [-0.2, -0.15) is 11.8 Å². The van der Waals surface area contributed by atoms with Gasteiger partial charge in [0, 0.05) is 12.8 Å². The molecule has 11 nitrogen and oxygen atoms in total. The highest BCUT2D eigenvalue weighted by Gasteiger charge is 2.31. The first-order valence-electron chi connectivity index (χ1n) is 12.1.